The molecule has 0 aliphatic heterocycles. The molecule has 0 amide bonds. The molecule has 0 aromatic heterocycles. The summed E-state index contributed by atoms with van der Waals surface area (Å²) < 4.78 is 0. The van der Waals surface area contributed by atoms with E-state index in [4.69, 9.17) is 0 Å². The van der Waals surface area contributed by atoms with Crippen molar-refractivity contribution in [2.24, 2.45) is 0 Å². The van der Waals surface area contributed by atoms with Gasteiger partial charge in [0.25, 0.3) is 0 Å². The number of para-hydroxylation sites is 3. The normalized spacial score (nSPS) is 12.3. The first-order valence-corrected chi connectivity index (χ1v) is 22.5. The van der Waals surface area contributed by atoms with Gasteiger partial charge in [-0.15, -0.1) is 0 Å². The highest BCUT2D eigenvalue weighted by atomic mass is 15.1. The third kappa shape index (κ3) is 7.29. The Bertz CT molecular complexity index is 3190. The Morgan fingerprint density at radius 3 is 1.06 bits per heavy atom. The summed E-state index contributed by atoms with van der Waals surface area (Å²) in [5.74, 6) is 0. The molecule has 0 saturated heterocycles. The quantitative estimate of drug-likeness (QED) is 0.135. The minimum atomic E-state index is -0.168. The van der Waals surface area contributed by atoms with Crippen LogP contribution < -0.4 is 9.80 Å². The predicted octanol–water partition coefficient (Wildman–Crippen LogP) is 17.6. The Balaban J connectivity index is 1.05. The minimum absolute atomic E-state index is 0.168. The number of hydrogen-bond acceptors (Lipinski definition) is 2. The predicted molar refractivity (Wildman–Crippen MR) is 275 cm³/mol. The number of benzene rings is 10. The number of fused-ring (bicyclic) bond motifs is 3. The van der Waals surface area contributed by atoms with E-state index in [0.717, 1.165) is 39.6 Å². The Kier molecular flexibility index (Phi) is 10.3. The lowest BCUT2D eigenvalue weighted by Gasteiger charge is -2.32. The van der Waals surface area contributed by atoms with Crippen LogP contribution in [0.1, 0.15) is 25.0 Å². The van der Waals surface area contributed by atoms with Crippen LogP contribution in [0.3, 0.4) is 0 Å². The summed E-state index contributed by atoms with van der Waals surface area (Å²) in [4.78, 5) is 4.75. The van der Waals surface area contributed by atoms with Crippen molar-refractivity contribution < 1.29 is 0 Å². The zero-order valence-corrected chi connectivity index (χ0v) is 36.6. The summed E-state index contributed by atoms with van der Waals surface area (Å²) in [6, 6.07) is 92.4. The number of hydrogen-bond donors (Lipinski definition) is 0. The Hall–Kier alpha value is -8.20. The fraction of sp³-hybridized carbons (Fsp3) is 0.0476. The summed E-state index contributed by atoms with van der Waals surface area (Å²) in [5.41, 5.74) is 21.4. The van der Waals surface area contributed by atoms with Crippen LogP contribution in [0, 0.1) is 0 Å². The van der Waals surface area contributed by atoms with Crippen LogP contribution in [0.25, 0.3) is 55.6 Å². The number of nitrogens with zero attached hydrogens (tertiary/aromatic N) is 2. The first kappa shape index (κ1) is 39.6. The summed E-state index contributed by atoms with van der Waals surface area (Å²) >= 11 is 0. The maximum absolute atomic E-state index is 2.44. The van der Waals surface area contributed by atoms with E-state index in [-0.39, 0.29) is 5.41 Å². The number of anilines is 6. The molecule has 10 aromatic carbocycles. The van der Waals surface area contributed by atoms with Gasteiger partial charge in [0.15, 0.2) is 0 Å². The van der Waals surface area contributed by atoms with Gasteiger partial charge in [-0.25, -0.2) is 0 Å². The van der Waals surface area contributed by atoms with Crippen LogP contribution in [0.5, 0.6) is 0 Å². The Labute approximate surface area is 383 Å². The summed E-state index contributed by atoms with van der Waals surface area (Å²) in [6.45, 7) is 4.73. The molecule has 1 aliphatic carbocycles. The molecule has 0 unspecified atom stereocenters. The zero-order chi connectivity index (χ0) is 43.7. The topological polar surface area (TPSA) is 6.48 Å². The second-order valence-corrected chi connectivity index (χ2v) is 17.3. The number of rotatable bonds is 10. The molecular weight excluding hydrogens is 785 g/mol. The molecule has 2 nitrogen and oxygen atoms in total. The highest BCUT2D eigenvalue weighted by molar-refractivity contribution is 5.96. The summed E-state index contributed by atoms with van der Waals surface area (Å²) in [5, 5.41) is 0. The summed E-state index contributed by atoms with van der Waals surface area (Å²) in [7, 11) is 0. The molecule has 0 radical (unpaired) electrons. The standard InChI is InChI=1S/C63H48N2/c1-63(2)60-33-19-18-31-54(60)55-32-20-34-61(62(55)63)65(51-29-16-7-17-30-51)53-41-37-48(38-42-53)59-44-56(45-21-8-3-9-22-45)58(43-57(59)46-23-10-4-11-24-46)47-35-39-52(40-36-47)64(49-25-12-5-13-26-49)50-27-14-6-15-28-50/h3-44H,1-2H3. The average molecular weight is 833 g/mol. The van der Waals surface area contributed by atoms with E-state index in [0.29, 0.717) is 0 Å². The van der Waals surface area contributed by atoms with Crippen molar-refractivity contribution in [1.82, 2.24) is 0 Å². The maximum atomic E-state index is 2.44. The van der Waals surface area contributed by atoms with Crippen LogP contribution in [0.15, 0.2) is 255 Å². The van der Waals surface area contributed by atoms with Crippen molar-refractivity contribution in [3.8, 4) is 55.6 Å². The van der Waals surface area contributed by atoms with Gasteiger partial charge in [-0.2, -0.15) is 0 Å². The highest BCUT2D eigenvalue weighted by Crippen LogP contribution is 2.54. The lowest BCUT2D eigenvalue weighted by atomic mass is 9.81. The molecule has 0 fully saturated rings. The highest BCUT2D eigenvalue weighted by Gasteiger charge is 2.38. The van der Waals surface area contributed by atoms with Crippen LogP contribution in [-0.2, 0) is 5.41 Å². The SMILES string of the molecule is CC1(C)c2ccccc2-c2cccc(N(c3ccccc3)c3ccc(-c4cc(-c5ccccc5)c(-c5ccc(N(c6ccccc6)c6ccccc6)cc5)cc4-c4ccccc4)cc3)c21. The first-order chi connectivity index (χ1) is 32.0. The molecule has 1 aliphatic rings. The van der Waals surface area contributed by atoms with Crippen molar-refractivity contribution in [2.75, 3.05) is 9.80 Å². The third-order valence-electron chi connectivity index (χ3n) is 13.0. The monoisotopic (exact) mass is 832 g/mol. The largest absolute Gasteiger partial charge is 0.311 e. The van der Waals surface area contributed by atoms with Gasteiger partial charge in [-0.1, -0.05) is 190 Å². The van der Waals surface area contributed by atoms with Gasteiger partial charge in [-0.3, -0.25) is 0 Å². The molecular formula is C63H48N2. The van der Waals surface area contributed by atoms with Gasteiger partial charge >= 0.3 is 0 Å². The lowest BCUT2D eigenvalue weighted by molar-refractivity contribution is 0.661. The van der Waals surface area contributed by atoms with Crippen LogP contribution in [0.4, 0.5) is 34.1 Å². The minimum Gasteiger partial charge on any atom is -0.311 e. The van der Waals surface area contributed by atoms with E-state index in [1.54, 1.807) is 0 Å². The second-order valence-electron chi connectivity index (χ2n) is 17.3. The molecule has 0 spiro atoms. The molecule has 0 bridgehead atoms. The molecule has 0 atom stereocenters. The molecule has 10 aromatic rings. The lowest BCUT2D eigenvalue weighted by Crippen LogP contribution is -2.20. The smallest absolute Gasteiger partial charge is 0.0508 e. The van der Waals surface area contributed by atoms with Crippen molar-refractivity contribution in [2.45, 2.75) is 19.3 Å². The van der Waals surface area contributed by atoms with E-state index < -0.39 is 0 Å². The van der Waals surface area contributed by atoms with Gasteiger partial charge in [0, 0.05) is 33.9 Å². The summed E-state index contributed by atoms with van der Waals surface area (Å²) in [6.07, 6.45) is 0. The average Bonchev–Trinajstić information content (AvgIpc) is 3.62. The van der Waals surface area contributed by atoms with Crippen LogP contribution >= 0.6 is 0 Å². The van der Waals surface area contributed by atoms with Gasteiger partial charge in [0.1, 0.15) is 0 Å². The van der Waals surface area contributed by atoms with Crippen molar-refractivity contribution >= 4 is 34.1 Å². The molecule has 0 heterocycles. The maximum Gasteiger partial charge on any atom is 0.0508 e. The van der Waals surface area contributed by atoms with Crippen molar-refractivity contribution in [3.63, 3.8) is 0 Å². The van der Waals surface area contributed by atoms with Gasteiger partial charge in [0.05, 0.1) is 5.69 Å². The molecule has 0 saturated carbocycles. The zero-order valence-electron chi connectivity index (χ0n) is 36.6. The van der Waals surface area contributed by atoms with Gasteiger partial charge in [-0.05, 0) is 146 Å². The molecule has 65 heavy (non-hydrogen) atoms. The first-order valence-electron chi connectivity index (χ1n) is 22.5. The van der Waals surface area contributed by atoms with Crippen molar-refractivity contribution in [3.05, 3.63) is 266 Å². The molecule has 11 rings (SSSR count). The molecule has 0 N–H and O–H groups in total. The van der Waals surface area contributed by atoms with E-state index in [9.17, 15) is 0 Å². The third-order valence-corrected chi connectivity index (χ3v) is 13.0. The van der Waals surface area contributed by atoms with Gasteiger partial charge < -0.3 is 9.80 Å². The van der Waals surface area contributed by atoms with Crippen LogP contribution in [-0.4, -0.2) is 0 Å². The fourth-order valence-electron chi connectivity index (χ4n) is 9.98. The molecule has 310 valence electrons. The van der Waals surface area contributed by atoms with E-state index >= 15 is 0 Å². The van der Waals surface area contributed by atoms with E-state index in [1.807, 2.05) is 0 Å². The fourth-order valence-corrected chi connectivity index (χ4v) is 9.98. The van der Waals surface area contributed by atoms with Crippen molar-refractivity contribution in [1.29, 1.82) is 0 Å². The molecule has 2 heteroatoms. The van der Waals surface area contributed by atoms with E-state index in [1.165, 1.54) is 61.3 Å². The second kappa shape index (κ2) is 16.8. The Morgan fingerprint density at radius 1 is 0.262 bits per heavy atom. The van der Waals surface area contributed by atoms with Crippen LogP contribution in [0.2, 0.25) is 0 Å². The Morgan fingerprint density at radius 2 is 0.600 bits per heavy atom. The van der Waals surface area contributed by atoms with E-state index in [2.05, 4.69) is 278 Å². The van der Waals surface area contributed by atoms with Gasteiger partial charge in [0.2, 0.25) is 0 Å².